The first-order chi connectivity index (χ1) is 20.0. The molecule has 1 fully saturated rings. The van der Waals surface area contributed by atoms with E-state index in [1.54, 1.807) is 30.7 Å². The number of benzene rings is 1. The first-order valence-electron chi connectivity index (χ1n) is 12.3. The molecule has 2 aliphatic heterocycles. The van der Waals surface area contributed by atoms with Crippen LogP contribution in [0.1, 0.15) is 19.5 Å². The number of anilines is 1. The number of nitrogens with two attached hydrogens (primary N) is 1. The summed E-state index contributed by atoms with van der Waals surface area (Å²) in [4.78, 5) is 53.4. The van der Waals surface area contributed by atoms with Crippen molar-refractivity contribution in [1.29, 1.82) is 0 Å². The Kier molecular flexibility index (Phi) is 10.7. The number of amides is 2. The molecule has 18 heteroatoms. The normalized spacial score (nSPS) is 18.2. The maximum absolute atomic E-state index is 13.1. The Morgan fingerprint density at radius 2 is 2.02 bits per heavy atom. The summed E-state index contributed by atoms with van der Waals surface area (Å²) in [6, 6.07) is 3.40. The Morgan fingerprint density at radius 3 is 2.67 bits per heavy atom. The van der Waals surface area contributed by atoms with Crippen molar-refractivity contribution < 1.29 is 64.1 Å². The third kappa shape index (κ3) is 7.13. The summed E-state index contributed by atoms with van der Waals surface area (Å²) in [7, 11) is 0. The molecule has 0 aliphatic carbocycles. The molecule has 220 valence electrons. The molecule has 1 aromatic carbocycles. The summed E-state index contributed by atoms with van der Waals surface area (Å²) in [5.41, 5.74) is 7.22. The number of nitrogen functional groups attached to an aromatic ring is 1. The fraction of sp³-hybridized carbons (Fsp3) is 0.280. The van der Waals surface area contributed by atoms with Crippen molar-refractivity contribution in [1.82, 2.24) is 20.2 Å². The molecule has 5 N–H and O–H groups in total. The van der Waals surface area contributed by atoms with Crippen LogP contribution in [0, 0.1) is 0 Å². The van der Waals surface area contributed by atoms with E-state index in [0.717, 1.165) is 16.2 Å². The number of carbonyl (C=O) groups excluding carboxylic acids is 3. The second-order valence-electron chi connectivity index (χ2n) is 9.26. The number of hydrogen-bond acceptors (Lipinski definition) is 15. The molecule has 0 spiro atoms. The van der Waals surface area contributed by atoms with Crippen LogP contribution in [-0.2, 0) is 19.2 Å². The van der Waals surface area contributed by atoms with Crippen LogP contribution in [0.2, 0.25) is 0 Å². The molecule has 4 heterocycles. The fourth-order valence-corrected chi connectivity index (χ4v) is 7.91. The van der Waals surface area contributed by atoms with Crippen molar-refractivity contribution in [3.63, 3.8) is 0 Å². The van der Waals surface area contributed by atoms with Gasteiger partial charge in [-0.15, -0.1) is 34.4 Å². The Morgan fingerprint density at radius 1 is 1.26 bits per heavy atom. The minimum Gasteiger partial charge on any atom is -0.543 e. The minimum atomic E-state index is -1.49. The van der Waals surface area contributed by atoms with E-state index in [2.05, 4.69) is 20.4 Å². The summed E-state index contributed by atoms with van der Waals surface area (Å²) < 4.78 is 0.646. The third-order valence-electron chi connectivity index (χ3n) is 5.99. The van der Waals surface area contributed by atoms with Gasteiger partial charge >= 0.3 is 29.6 Å². The summed E-state index contributed by atoms with van der Waals surface area (Å²) >= 11 is 5.08. The maximum Gasteiger partial charge on any atom is 1.00 e. The van der Waals surface area contributed by atoms with Gasteiger partial charge in [0.1, 0.15) is 23.2 Å². The first-order valence-corrected chi connectivity index (χ1v) is 16.1. The number of rotatable bonds is 10. The average Bonchev–Trinajstić information content (AvgIpc) is 3.60. The molecule has 3 aromatic rings. The molecule has 2 atom stereocenters. The van der Waals surface area contributed by atoms with Gasteiger partial charge in [-0.1, -0.05) is 16.9 Å². The number of thiazole rings is 2. The number of thioether (sulfide) groups is 2. The number of β-lactam (4-membered cyclic amide) rings is 1. The van der Waals surface area contributed by atoms with Gasteiger partial charge in [-0.05, 0) is 37.6 Å². The van der Waals surface area contributed by atoms with Crippen LogP contribution >= 0.6 is 46.2 Å². The first kappa shape index (κ1) is 33.1. The number of nitrogens with one attached hydrogen (secondary N) is 1. The molecular formula is C25H23N6NaO7S4. The van der Waals surface area contributed by atoms with Gasteiger partial charge in [0, 0.05) is 27.8 Å². The predicted molar refractivity (Wildman–Crippen MR) is 158 cm³/mol. The molecule has 13 nitrogen and oxygen atoms in total. The number of phenolic OH excluding ortho intramolecular Hbond substituents is 2. The number of carbonyl (C=O) groups is 3. The second kappa shape index (κ2) is 13.9. The maximum atomic E-state index is 13.1. The molecular weight excluding hydrogens is 648 g/mol. The van der Waals surface area contributed by atoms with Crippen LogP contribution in [0.4, 0.5) is 5.13 Å². The van der Waals surface area contributed by atoms with Gasteiger partial charge in [0.15, 0.2) is 26.7 Å². The van der Waals surface area contributed by atoms with E-state index >= 15 is 0 Å². The van der Waals surface area contributed by atoms with Crippen LogP contribution in [0.5, 0.6) is 11.5 Å². The van der Waals surface area contributed by atoms with Crippen molar-refractivity contribution in [2.24, 2.45) is 5.16 Å². The second-order valence-corrected chi connectivity index (χ2v) is 13.3. The predicted octanol–water partition coefficient (Wildman–Crippen LogP) is -1.41. The standard InChI is InChI=1S/C25H24N6O7S4.Na/c1-10(2)38-30-17(14-9-40-24(26)27-14)20(34)29-18-21(35)31-19(23(36)37)12(6-39-22(18)31)7-41-25-28-13(8-42-25)11-3-4-15(32)16(33)5-11;/h3-5,8-10,18,22,32-33H,6-7H2,1-2H3,(H2,26,27)(H,29,34)(H,36,37);/q;+1/p-1/t18-,22+;/m1./s1. The Labute approximate surface area is 283 Å². The van der Waals surface area contributed by atoms with Gasteiger partial charge in [0.25, 0.3) is 11.8 Å². The van der Waals surface area contributed by atoms with E-state index in [9.17, 15) is 29.7 Å². The van der Waals surface area contributed by atoms with Gasteiger partial charge in [-0.2, -0.15) is 0 Å². The summed E-state index contributed by atoms with van der Waals surface area (Å²) in [6.45, 7) is 3.47. The zero-order valence-electron chi connectivity index (χ0n) is 23.0. The number of hydrogen-bond donors (Lipinski definition) is 4. The molecule has 43 heavy (non-hydrogen) atoms. The molecule has 1 saturated heterocycles. The van der Waals surface area contributed by atoms with E-state index in [-0.39, 0.29) is 75.1 Å². The number of carboxylic acids is 1. The van der Waals surface area contributed by atoms with Crippen molar-refractivity contribution in [3.05, 3.63) is 45.9 Å². The third-order valence-corrected chi connectivity index (χ3v) is 10.1. The molecule has 0 saturated carbocycles. The number of fused-ring (bicyclic) bond motifs is 1. The molecule has 0 unspecified atom stereocenters. The zero-order chi connectivity index (χ0) is 30.1. The minimum absolute atomic E-state index is 0. The molecule has 2 aliphatic rings. The van der Waals surface area contributed by atoms with Crippen molar-refractivity contribution in [2.45, 2.75) is 35.7 Å². The number of aromatic nitrogens is 2. The quantitative estimate of drug-likeness (QED) is 0.0491. The monoisotopic (exact) mass is 670 g/mol. The topological polar surface area (TPSA) is 203 Å². The fourth-order valence-electron chi connectivity index (χ4n) is 4.04. The Balaban J connectivity index is 0.00000423. The number of aromatic hydroxyl groups is 2. The van der Waals surface area contributed by atoms with E-state index < -0.39 is 29.2 Å². The van der Waals surface area contributed by atoms with Crippen molar-refractivity contribution in [2.75, 3.05) is 17.2 Å². The molecule has 0 bridgehead atoms. The van der Waals surface area contributed by atoms with Gasteiger partial charge in [0.2, 0.25) is 0 Å². The molecule has 5 rings (SSSR count). The Hall–Kier alpha value is -2.80. The summed E-state index contributed by atoms with van der Waals surface area (Å²) in [5.74, 6) is -2.75. The van der Waals surface area contributed by atoms with Crippen LogP contribution in [0.3, 0.4) is 0 Å². The molecule has 0 radical (unpaired) electrons. The average molecular weight is 671 g/mol. The SMILES string of the molecule is CC(C)ON=C(C(=O)N[C@@H]1C(=O)N2C(C(=O)[O-])=C(CSc3nc(-c4ccc(O)c(O)c4)cs3)CS[C@@H]12)c1csc(N)n1.[Na+]. The van der Waals surface area contributed by atoms with Crippen molar-refractivity contribution >= 4 is 74.8 Å². The van der Waals surface area contributed by atoms with Crippen LogP contribution in [0.15, 0.2) is 49.7 Å². The number of nitrogens with zero attached hydrogens (tertiary/aromatic N) is 4. The van der Waals surface area contributed by atoms with E-state index in [4.69, 9.17) is 10.6 Å². The number of aliphatic carboxylic acids is 1. The number of phenols is 2. The molecule has 2 aromatic heterocycles. The van der Waals surface area contributed by atoms with E-state index in [0.29, 0.717) is 26.9 Å². The largest absolute Gasteiger partial charge is 1.00 e. The Bertz CT molecular complexity index is 1620. The van der Waals surface area contributed by atoms with E-state index in [1.807, 2.05) is 0 Å². The number of oxime groups is 1. The number of carboxylic acid groups (broad SMARTS) is 1. The zero-order valence-corrected chi connectivity index (χ0v) is 28.2. The van der Waals surface area contributed by atoms with Crippen LogP contribution in [-0.4, -0.2) is 77.6 Å². The van der Waals surface area contributed by atoms with Crippen molar-refractivity contribution in [3.8, 4) is 22.8 Å². The van der Waals surface area contributed by atoms with Gasteiger partial charge in [-0.25, -0.2) is 9.97 Å². The van der Waals surface area contributed by atoms with Gasteiger partial charge in [0.05, 0.1) is 17.4 Å². The van der Waals surface area contributed by atoms with Crippen LogP contribution in [0.25, 0.3) is 11.3 Å². The summed E-state index contributed by atoms with van der Waals surface area (Å²) in [5, 5.41) is 40.9. The van der Waals surface area contributed by atoms with E-state index in [1.165, 1.54) is 47.0 Å². The van der Waals surface area contributed by atoms with Gasteiger partial charge in [-0.3, -0.25) is 14.5 Å². The van der Waals surface area contributed by atoms with Crippen LogP contribution < -0.4 is 45.7 Å². The molecule has 2 amide bonds. The summed E-state index contributed by atoms with van der Waals surface area (Å²) in [6.07, 6.45) is -0.317. The smallest absolute Gasteiger partial charge is 0.543 e. The van der Waals surface area contributed by atoms with Gasteiger partial charge < -0.3 is 36.0 Å².